The molecule has 0 aliphatic rings. The number of carbonyl (C=O) groups excluding carboxylic acids is 4. The van der Waals surface area contributed by atoms with Crippen molar-refractivity contribution in [1.29, 1.82) is 0 Å². The van der Waals surface area contributed by atoms with Crippen LogP contribution < -0.4 is 0 Å². The van der Waals surface area contributed by atoms with E-state index in [-0.39, 0.29) is 5.56 Å². The van der Waals surface area contributed by atoms with Crippen molar-refractivity contribution in [3.63, 3.8) is 0 Å². The van der Waals surface area contributed by atoms with Gasteiger partial charge in [-0.25, -0.2) is 23.6 Å². The molecule has 0 spiro atoms. The van der Waals surface area contributed by atoms with Gasteiger partial charge in [-0.1, -0.05) is 6.58 Å². The summed E-state index contributed by atoms with van der Waals surface area (Å²) < 4.78 is 409. The van der Waals surface area contributed by atoms with Crippen LogP contribution in [0.25, 0.3) is 0 Å². The zero-order valence-electron chi connectivity index (χ0n) is 32.9. The van der Waals surface area contributed by atoms with Crippen LogP contribution in [-0.2, 0) is 47.5 Å². The van der Waals surface area contributed by atoms with Crippen LogP contribution in [0.2, 0.25) is 0 Å². The maximum atomic E-state index is 14.9. The van der Waals surface area contributed by atoms with E-state index in [4.69, 9.17) is 0 Å². The molecular formula is C31H18F28O12. The fourth-order valence-corrected chi connectivity index (χ4v) is 3.83. The lowest BCUT2D eigenvalue weighted by Crippen LogP contribution is -2.72. The third kappa shape index (κ3) is 13.0. The normalized spacial score (nSPS) is 18.1. The zero-order chi connectivity index (χ0) is 56.5. The van der Waals surface area contributed by atoms with Crippen LogP contribution in [0.3, 0.4) is 0 Å². The van der Waals surface area contributed by atoms with Crippen molar-refractivity contribution in [2.24, 2.45) is 0 Å². The van der Waals surface area contributed by atoms with E-state index in [0.29, 0.717) is 12.1 Å². The molecule has 1 aromatic carbocycles. The number of benzene rings is 1. The largest absolute Gasteiger partial charge is 0.460 e. The lowest BCUT2D eigenvalue weighted by Gasteiger charge is -2.44. The number of ether oxygens (including phenoxy) is 8. The first-order chi connectivity index (χ1) is 31.2. The van der Waals surface area contributed by atoms with E-state index in [9.17, 15) is 142 Å². The molecule has 5 atom stereocenters. The Kier molecular flexibility index (Phi) is 18.2. The molecule has 1 rings (SSSR count). The van der Waals surface area contributed by atoms with Gasteiger partial charge in [-0.15, -0.1) is 0 Å². The quantitative estimate of drug-likeness (QED) is 0.0359. The monoisotopic (exact) mass is 1110 g/mol. The van der Waals surface area contributed by atoms with Crippen molar-refractivity contribution < 1.29 is 180 Å². The maximum Gasteiger partial charge on any atom is 0.460 e. The second-order valence-corrected chi connectivity index (χ2v) is 12.7. The summed E-state index contributed by atoms with van der Waals surface area (Å²) in [6.07, 6.45) is -75.8. The third-order valence-corrected chi connectivity index (χ3v) is 7.63. The highest BCUT2D eigenvalue weighted by Crippen LogP contribution is 2.61. The van der Waals surface area contributed by atoms with Crippen molar-refractivity contribution in [2.45, 2.75) is 91.3 Å². The molecule has 40 heteroatoms. The topological polar surface area (TPSA) is 142 Å². The smallest absolute Gasteiger partial charge is 0.459 e. The van der Waals surface area contributed by atoms with Gasteiger partial charge < -0.3 is 18.9 Å². The van der Waals surface area contributed by atoms with E-state index in [1.807, 2.05) is 0 Å². The molecule has 410 valence electrons. The van der Waals surface area contributed by atoms with E-state index >= 15 is 0 Å². The van der Waals surface area contributed by atoms with Gasteiger partial charge in [0.2, 0.25) is 0 Å². The number of carbonyl (C=O) groups is 4. The van der Waals surface area contributed by atoms with E-state index in [1.54, 1.807) is 4.74 Å². The van der Waals surface area contributed by atoms with Crippen LogP contribution >= 0.6 is 0 Å². The molecule has 0 heterocycles. The van der Waals surface area contributed by atoms with Crippen molar-refractivity contribution in [2.75, 3.05) is 26.4 Å². The van der Waals surface area contributed by atoms with Gasteiger partial charge in [0, 0.05) is 6.08 Å². The molecule has 0 saturated carbocycles. The van der Waals surface area contributed by atoms with Crippen molar-refractivity contribution in [3.05, 3.63) is 48.0 Å². The molecule has 0 amide bonds. The Bertz CT molecular complexity index is 2060. The molecular weight excluding hydrogens is 1100 g/mol. The number of alkyl halides is 28. The molecule has 0 fully saturated rings. The maximum absolute atomic E-state index is 14.9. The summed E-state index contributed by atoms with van der Waals surface area (Å²) in [7, 11) is 0. The van der Waals surface area contributed by atoms with Crippen LogP contribution in [0.5, 0.6) is 0 Å². The summed E-state index contributed by atoms with van der Waals surface area (Å²) in [5.41, 5.74) is -8.01. The van der Waals surface area contributed by atoms with Crippen LogP contribution in [0, 0.1) is 0 Å². The van der Waals surface area contributed by atoms with Crippen LogP contribution in [0.1, 0.15) is 27.6 Å². The van der Waals surface area contributed by atoms with Crippen LogP contribution in [0.4, 0.5) is 123 Å². The lowest BCUT2D eigenvalue weighted by atomic mass is 10.1. The molecule has 0 aliphatic heterocycles. The Morgan fingerprint density at radius 3 is 0.972 bits per heavy atom. The summed E-state index contributed by atoms with van der Waals surface area (Å²) in [4.78, 5) is 46.9. The molecule has 12 nitrogen and oxygen atoms in total. The lowest BCUT2D eigenvalue weighted by molar-refractivity contribution is -0.590. The minimum atomic E-state index is -9.25. The second kappa shape index (κ2) is 20.3. The van der Waals surface area contributed by atoms with Crippen molar-refractivity contribution in [1.82, 2.24) is 0 Å². The van der Waals surface area contributed by atoms with Gasteiger partial charge in [0.25, 0.3) is 5.67 Å². The third-order valence-electron chi connectivity index (χ3n) is 7.63. The van der Waals surface area contributed by atoms with E-state index in [1.165, 1.54) is 4.74 Å². The summed E-state index contributed by atoms with van der Waals surface area (Å²) in [6.45, 7) is -3.55. The summed E-state index contributed by atoms with van der Waals surface area (Å²) in [5, 5.41) is 0. The molecule has 1 aromatic rings. The van der Waals surface area contributed by atoms with Gasteiger partial charge in [0.15, 0.2) is 0 Å². The van der Waals surface area contributed by atoms with Gasteiger partial charge in [-0.2, -0.15) is 119 Å². The predicted octanol–water partition coefficient (Wildman–Crippen LogP) is 9.91. The summed E-state index contributed by atoms with van der Waals surface area (Å²) in [6, 6.07) is 2.96. The molecule has 0 aromatic heterocycles. The summed E-state index contributed by atoms with van der Waals surface area (Å²) in [5.74, 6) is -42.7. The fraction of sp³-hybridized carbons (Fsp3) is 0.613. The van der Waals surface area contributed by atoms with Gasteiger partial charge in [-0.05, 0) is 31.2 Å². The minimum Gasteiger partial charge on any atom is -0.459 e. The first kappa shape index (κ1) is 63.7. The molecule has 71 heavy (non-hydrogen) atoms. The van der Waals surface area contributed by atoms with Crippen molar-refractivity contribution in [3.8, 4) is 0 Å². The van der Waals surface area contributed by atoms with Crippen molar-refractivity contribution >= 4 is 23.9 Å². The molecule has 5 unspecified atom stereocenters. The number of hydrogen-bond donors (Lipinski definition) is 0. The van der Waals surface area contributed by atoms with E-state index in [2.05, 4.69) is 25.5 Å². The van der Waals surface area contributed by atoms with Gasteiger partial charge in [0.05, 0.1) is 11.1 Å². The highest BCUT2D eigenvalue weighted by atomic mass is 19.4. The second-order valence-electron chi connectivity index (χ2n) is 12.7. The van der Waals surface area contributed by atoms with Gasteiger partial charge in [0.1, 0.15) is 26.4 Å². The average Bonchev–Trinajstić information content (AvgIpc) is 3.17. The highest BCUT2D eigenvalue weighted by Gasteiger charge is 2.90. The average molecular weight is 1110 g/mol. The molecule has 0 N–H and O–H groups in total. The fourth-order valence-electron chi connectivity index (χ4n) is 3.83. The predicted molar refractivity (Wildman–Crippen MR) is 158 cm³/mol. The number of halogens is 28. The Labute approximate surface area is 370 Å². The standard InChI is InChI=1S/C31H18F28O12/c1-3-14(60)64-8-9-65-15(61)12-4-6-13(7-5-12)16(62)66-10-11-67-17(63)19(33,24(40,41)42)68-29(54,55)20(34,25(43,44)45)70-31(58,59)22(36,27(49,50)51)71-30(56,57)21(35,26(46,47)48)69-28(52,53)18(2,32)23(37,38)39/h3-7H,1,8-11H2,2H3. The SMILES string of the molecule is C=CC(=O)OCCOC(=O)c1ccc(C(=O)OCCOC(=O)C(F)(OC(F)(F)C(F)(OC(F)(F)C(F)(OC(F)(F)C(F)(OC(F)(F)C(C)(F)C(F)(F)F)C(F)(F)F)C(F)(F)F)C(F)(F)F)C(F)(F)F)cc1. The Morgan fingerprint density at radius 2 is 0.690 bits per heavy atom. The number of hydrogen-bond acceptors (Lipinski definition) is 12. The first-order valence-corrected chi connectivity index (χ1v) is 16.7. The molecule has 0 saturated heterocycles. The minimum absolute atomic E-state index is 0.368. The highest BCUT2D eigenvalue weighted by molar-refractivity contribution is 5.93. The molecule has 0 bridgehead atoms. The first-order valence-electron chi connectivity index (χ1n) is 16.7. The van der Waals surface area contributed by atoms with Gasteiger partial charge in [-0.3, -0.25) is 18.9 Å². The van der Waals surface area contributed by atoms with E-state index < -0.39 is 147 Å². The zero-order valence-corrected chi connectivity index (χ0v) is 32.9. The van der Waals surface area contributed by atoms with Crippen LogP contribution in [0.15, 0.2) is 36.9 Å². The molecule has 0 aliphatic carbocycles. The number of rotatable bonds is 22. The van der Waals surface area contributed by atoms with E-state index in [0.717, 1.165) is 27.7 Å². The Balaban J connectivity index is 3.59. The number of esters is 4. The Hall–Kier alpha value is -5.28. The summed E-state index contributed by atoms with van der Waals surface area (Å²) >= 11 is 0. The van der Waals surface area contributed by atoms with Crippen LogP contribution in [-0.4, -0.2) is 135 Å². The molecule has 0 radical (unpaired) electrons. The van der Waals surface area contributed by atoms with Gasteiger partial charge >= 0.3 is 103 Å². The Morgan fingerprint density at radius 1 is 0.408 bits per heavy atom.